The molecule has 1 aromatic carbocycles. The molecule has 0 spiro atoms. The normalized spacial score (nSPS) is 13.1. The van der Waals surface area contributed by atoms with E-state index in [4.69, 9.17) is 25.7 Å². The highest BCUT2D eigenvalue weighted by Gasteiger charge is 2.19. The average molecular weight is 424 g/mol. The minimum atomic E-state index is -3.75. The Labute approximate surface area is 166 Å². The number of sulfonamides is 1. The molecule has 0 bridgehead atoms. The molecule has 13 heteroatoms. The van der Waals surface area contributed by atoms with E-state index in [1.807, 2.05) is 0 Å². The van der Waals surface area contributed by atoms with Crippen molar-refractivity contribution in [2.24, 2.45) is 0 Å². The smallest absolute Gasteiger partial charge is 0.306 e. The Kier molecular flexibility index (Phi) is 6.29. The molecule has 2 aromatic rings. The van der Waals surface area contributed by atoms with E-state index in [0.29, 0.717) is 24.7 Å². The first-order valence-corrected chi connectivity index (χ1v) is 10.1. The van der Waals surface area contributed by atoms with Crippen molar-refractivity contribution in [2.75, 3.05) is 31.2 Å². The molecule has 29 heavy (non-hydrogen) atoms. The Morgan fingerprint density at radius 1 is 1.10 bits per heavy atom. The van der Waals surface area contributed by atoms with Crippen LogP contribution in [0.3, 0.4) is 0 Å². The van der Waals surface area contributed by atoms with Crippen LogP contribution in [0, 0.1) is 0 Å². The largest absolute Gasteiger partial charge is 0.486 e. The van der Waals surface area contributed by atoms with E-state index in [2.05, 4.69) is 19.7 Å². The zero-order valence-corrected chi connectivity index (χ0v) is 16.1. The van der Waals surface area contributed by atoms with Crippen LogP contribution in [0.4, 0.5) is 11.9 Å². The molecule has 2 heterocycles. The Morgan fingerprint density at radius 3 is 2.52 bits per heavy atom. The van der Waals surface area contributed by atoms with Crippen molar-refractivity contribution in [3.63, 3.8) is 0 Å². The molecule has 0 fully saturated rings. The van der Waals surface area contributed by atoms with E-state index < -0.39 is 16.0 Å². The average Bonchev–Trinajstić information content (AvgIpc) is 2.68. The fourth-order valence-corrected chi connectivity index (χ4v) is 3.54. The van der Waals surface area contributed by atoms with Gasteiger partial charge in [0.15, 0.2) is 23.9 Å². The van der Waals surface area contributed by atoms with Crippen LogP contribution < -0.4 is 25.7 Å². The summed E-state index contributed by atoms with van der Waals surface area (Å²) >= 11 is 0. The van der Waals surface area contributed by atoms with E-state index in [9.17, 15) is 13.2 Å². The lowest BCUT2D eigenvalue weighted by Gasteiger charge is -2.18. The molecular formula is C16H20N6O6S. The molecule has 1 aliphatic rings. The van der Waals surface area contributed by atoms with Crippen LogP contribution in [0.25, 0.3) is 0 Å². The topological polar surface area (TPSA) is 182 Å². The summed E-state index contributed by atoms with van der Waals surface area (Å²) in [6, 6.07) is 4.37. The molecule has 1 aliphatic heterocycles. The molecule has 0 aliphatic carbocycles. The highest BCUT2D eigenvalue weighted by Crippen LogP contribution is 2.32. The molecule has 156 valence electrons. The van der Waals surface area contributed by atoms with Gasteiger partial charge >= 0.3 is 5.97 Å². The highest BCUT2D eigenvalue weighted by atomic mass is 32.2. The number of benzene rings is 1. The van der Waals surface area contributed by atoms with Crippen LogP contribution in [-0.4, -0.2) is 49.1 Å². The molecule has 1 aromatic heterocycles. The van der Waals surface area contributed by atoms with Crippen LogP contribution in [0.15, 0.2) is 23.1 Å². The van der Waals surface area contributed by atoms with E-state index in [-0.39, 0.29) is 48.6 Å². The number of ether oxygens (including phenoxy) is 3. The summed E-state index contributed by atoms with van der Waals surface area (Å²) < 4.78 is 42.9. The molecule has 12 nitrogen and oxygen atoms in total. The van der Waals surface area contributed by atoms with Gasteiger partial charge in [0.05, 0.1) is 4.90 Å². The Bertz CT molecular complexity index is 979. The minimum absolute atomic E-state index is 0.000291. The predicted octanol–water partition coefficient (Wildman–Crippen LogP) is -0.391. The number of rotatable bonds is 8. The lowest BCUT2D eigenvalue weighted by atomic mass is 10.3. The Morgan fingerprint density at radius 2 is 1.79 bits per heavy atom. The number of nitrogens with zero attached hydrogens (tertiary/aromatic N) is 3. The third-order valence-electron chi connectivity index (χ3n) is 3.75. The maximum atomic E-state index is 12.4. The lowest BCUT2D eigenvalue weighted by Crippen LogP contribution is -2.25. The first-order valence-electron chi connectivity index (χ1n) is 8.64. The number of hydrogen-bond donors (Lipinski definition) is 3. The third-order valence-corrected chi connectivity index (χ3v) is 5.21. The van der Waals surface area contributed by atoms with Gasteiger partial charge in [-0.05, 0) is 18.6 Å². The second-order valence-corrected chi connectivity index (χ2v) is 7.70. The second-order valence-electron chi connectivity index (χ2n) is 5.94. The predicted molar refractivity (Wildman–Crippen MR) is 100 cm³/mol. The number of esters is 1. The standard InChI is InChI=1S/C16H20N6O6S/c17-15-20-13(21-16(18)22-15)9-28-14(23)2-1-5-19-29(24,25)10-3-4-11-12(8-10)27-7-6-26-11/h3-4,8,19H,1-2,5-7,9H2,(H4,17,18,20,21,22). The van der Waals surface area contributed by atoms with Gasteiger partial charge in [0.25, 0.3) is 0 Å². The SMILES string of the molecule is Nc1nc(N)nc(COC(=O)CCCNS(=O)(=O)c2ccc3c(c2)OCCO3)n1. The van der Waals surface area contributed by atoms with Crippen LogP contribution in [-0.2, 0) is 26.2 Å². The monoisotopic (exact) mass is 424 g/mol. The number of carbonyl (C=O) groups is 1. The Hall–Kier alpha value is -3.19. The maximum Gasteiger partial charge on any atom is 0.306 e. The molecule has 0 unspecified atom stereocenters. The summed E-state index contributed by atoms with van der Waals surface area (Å²) in [6.45, 7) is 0.619. The second kappa shape index (κ2) is 8.87. The summed E-state index contributed by atoms with van der Waals surface area (Å²) in [4.78, 5) is 23.0. The number of aromatic nitrogens is 3. The summed E-state index contributed by atoms with van der Waals surface area (Å²) in [7, 11) is -3.75. The van der Waals surface area contributed by atoms with Gasteiger partial charge in [-0.1, -0.05) is 0 Å². The highest BCUT2D eigenvalue weighted by molar-refractivity contribution is 7.89. The fourth-order valence-electron chi connectivity index (χ4n) is 2.45. The van der Waals surface area contributed by atoms with Crippen molar-refractivity contribution < 1.29 is 27.4 Å². The van der Waals surface area contributed by atoms with E-state index in [0.717, 1.165) is 0 Å². The summed E-state index contributed by atoms with van der Waals surface area (Å²) in [6.07, 6.45) is 0.240. The van der Waals surface area contributed by atoms with Gasteiger partial charge in [0, 0.05) is 19.0 Å². The van der Waals surface area contributed by atoms with Crippen molar-refractivity contribution in [1.29, 1.82) is 0 Å². The molecular weight excluding hydrogens is 404 g/mol. The van der Waals surface area contributed by atoms with Crippen LogP contribution in [0.5, 0.6) is 11.5 Å². The molecule has 5 N–H and O–H groups in total. The number of carbonyl (C=O) groups excluding carboxylic acids is 1. The van der Waals surface area contributed by atoms with E-state index >= 15 is 0 Å². The van der Waals surface area contributed by atoms with E-state index in [1.165, 1.54) is 12.1 Å². The molecule has 0 saturated heterocycles. The molecule has 0 amide bonds. The first-order chi connectivity index (χ1) is 13.8. The van der Waals surface area contributed by atoms with Crippen molar-refractivity contribution in [3.8, 4) is 11.5 Å². The number of anilines is 2. The number of hydrogen-bond acceptors (Lipinski definition) is 11. The zero-order valence-electron chi connectivity index (χ0n) is 15.3. The number of nitrogens with two attached hydrogens (primary N) is 2. The lowest BCUT2D eigenvalue weighted by molar-refractivity contribution is -0.145. The first kappa shape index (κ1) is 20.5. The van der Waals surface area contributed by atoms with Gasteiger partial charge in [-0.15, -0.1) is 0 Å². The molecule has 3 rings (SSSR count). The fraction of sp³-hybridized carbons (Fsp3) is 0.375. The minimum Gasteiger partial charge on any atom is -0.486 e. The summed E-state index contributed by atoms with van der Waals surface area (Å²) in [5.41, 5.74) is 10.9. The van der Waals surface area contributed by atoms with Crippen LogP contribution in [0.2, 0.25) is 0 Å². The summed E-state index contributed by atoms with van der Waals surface area (Å²) in [5.74, 6) is 0.319. The van der Waals surface area contributed by atoms with Crippen LogP contribution >= 0.6 is 0 Å². The van der Waals surface area contributed by atoms with Crippen molar-refractivity contribution in [3.05, 3.63) is 24.0 Å². The maximum absolute atomic E-state index is 12.4. The molecule has 0 atom stereocenters. The molecule has 0 saturated carbocycles. The van der Waals surface area contributed by atoms with Gasteiger partial charge in [-0.2, -0.15) is 15.0 Å². The van der Waals surface area contributed by atoms with Crippen molar-refractivity contribution >= 4 is 27.9 Å². The van der Waals surface area contributed by atoms with Gasteiger partial charge in [-0.3, -0.25) is 4.79 Å². The number of nitrogen functional groups attached to an aromatic ring is 2. The van der Waals surface area contributed by atoms with Gasteiger partial charge in [0.2, 0.25) is 21.9 Å². The van der Waals surface area contributed by atoms with Gasteiger partial charge < -0.3 is 25.7 Å². The Balaban J connectivity index is 1.44. The zero-order chi connectivity index (χ0) is 20.9. The van der Waals surface area contributed by atoms with Crippen molar-refractivity contribution in [1.82, 2.24) is 19.7 Å². The van der Waals surface area contributed by atoms with Crippen LogP contribution in [0.1, 0.15) is 18.7 Å². The third kappa shape index (κ3) is 5.65. The summed E-state index contributed by atoms with van der Waals surface area (Å²) in [5, 5.41) is 0. The number of fused-ring (bicyclic) bond motifs is 1. The quantitative estimate of drug-likeness (QED) is 0.370. The van der Waals surface area contributed by atoms with Gasteiger partial charge in [0.1, 0.15) is 13.2 Å². The molecule has 0 radical (unpaired) electrons. The number of nitrogens with one attached hydrogen (secondary N) is 1. The van der Waals surface area contributed by atoms with Crippen molar-refractivity contribution in [2.45, 2.75) is 24.3 Å². The van der Waals surface area contributed by atoms with E-state index in [1.54, 1.807) is 6.07 Å². The van der Waals surface area contributed by atoms with Gasteiger partial charge in [-0.25, -0.2) is 13.1 Å².